The van der Waals surface area contributed by atoms with Gasteiger partial charge in [0.05, 0.1) is 0 Å². The van der Waals surface area contributed by atoms with Crippen molar-refractivity contribution in [1.29, 1.82) is 0 Å². The number of amides is 1. The van der Waals surface area contributed by atoms with Gasteiger partial charge in [-0.3, -0.25) is 0 Å². The number of hydrogen-bond donors (Lipinski definition) is 1. The standard InChI is InChI=1S/C11H21NO3/c1-11(2,6-9-13)15-10(14)12-7-4-3-5-8-12/h13H,3-9H2,1-2H3. The molecule has 1 aliphatic rings. The van der Waals surface area contributed by atoms with Crippen molar-refractivity contribution >= 4 is 6.09 Å². The zero-order valence-electron chi connectivity index (χ0n) is 9.66. The van der Waals surface area contributed by atoms with Crippen LogP contribution in [0.15, 0.2) is 0 Å². The molecule has 1 saturated heterocycles. The first-order valence-corrected chi connectivity index (χ1v) is 5.64. The smallest absolute Gasteiger partial charge is 0.410 e. The first kappa shape index (κ1) is 12.3. The Bertz CT molecular complexity index is 210. The Hall–Kier alpha value is -0.770. The van der Waals surface area contributed by atoms with Crippen LogP contribution in [0.25, 0.3) is 0 Å². The number of hydrogen-bond acceptors (Lipinski definition) is 3. The van der Waals surface area contributed by atoms with Crippen LogP contribution in [0.5, 0.6) is 0 Å². The van der Waals surface area contributed by atoms with E-state index in [9.17, 15) is 4.79 Å². The Kier molecular flexibility index (Phi) is 4.39. The fourth-order valence-corrected chi connectivity index (χ4v) is 1.70. The molecule has 88 valence electrons. The summed E-state index contributed by atoms with van der Waals surface area (Å²) in [5, 5.41) is 8.82. The Morgan fingerprint density at radius 3 is 2.47 bits per heavy atom. The molecule has 4 heteroatoms. The molecule has 0 radical (unpaired) electrons. The average Bonchev–Trinajstić information content (AvgIpc) is 2.18. The quantitative estimate of drug-likeness (QED) is 0.780. The second kappa shape index (κ2) is 5.35. The minimum atomic E-state index is -0.566. The van der Waals surface area contributed by atoms with Gasteiger partial charge in [0.1, 0.15) is 5.60 Å². The summed E-state index contributed by atoms with van der Waals surface area (Å²) in [4.78, 5) is 13.5. The molecule has 1 N–H and O–H groups in total. The largest absolute Gasteiger partial charge is 0.443 e. The lowest BCUT2D eigenvalue weighted by molar-refractivity contribution is -0.00283. The Morgan fingerprint density at radius 2 is 1.93 bits per heavy atom. The van der Waals surface area contributed by atoms with Gasteiger partial charge in [0.25, 0.3) is 0 Å². The molecule has 0 aromatic rings. The topological polar surface area (TPSA) is 49.8 Å². The molecule has 0 aromatic carbocycles. The van der Waals surface area contributed by atoms with Gasteiger partial charge in [-0.25, -0.2) is 4.79 Å². The number of likely N-dealkylation sites (tertiary alicyclic amines) is 1. The molecule has 0 aliphatic carbocycles. The molecule has 0 aromatic heterocycles. The summed E-state index contributed by atoms with van der Waals surface area (Å²) in [6, 6.07) is 0. The zero-order valence-corrected chi connectivity index (χ0v) is 9.66. The van der Waals surface area contributed by atoms with E-state index in [4.69, 9.17) is 9.84 Å². The highest BCUT2D eigenvalue weighted by molar-refractivity contribution is 5.68. The predicted molar refractivity (Wildman–Crippen MR) is 57.7 cm³/mol. The second-order valence-corrected chi connectivity index (χ2v) is 4.65. The van der Waals surface area contributed by atoms with Gasteiger partial charge in [-0.1, -0.05) is 0 Å². The molecular weight excluding hydrogens is 194 g/mol. The van der Waals surface area contributed by atoms with E-state index in [0.29, 0.717) is 6.42 Å². The van der Waals surface area contributed by atoms with Crippen LogP contribution in [0, 0.1) is 0 Å². The van der Waals surface area contributed by atoms with Crippen molar-refractivity contribution in [3.8, 4) is 0 Å². The van der Waals surface area contributed by atoms with E-state index in [1.165, 1.54) is 6.42 Å². The third kappa shape index (κ3) is 4.08. The van der Waals surface area contributed by atoms with Gasteiger partial charge in [-0.05, 0) is 33.1 Å². The minimum absolute atomic E-state index is 0.0419. The number of ether oxygens (including phenoxy) is 1. The minimum Gasteiger partial charge on any atom is -0.443 e. The highest BCUT2D eigenvalue weighted by atomic mass is 16.6. The molecule has 1 rings (SSSR count). The van der Waals surface area contributed by atoms with Gasteiger partial charge in [0.15, 0.2) is 0 Å². The summed E-state index contributed by atoms with van der Waals surface area (Å²) in [5.41, 5.74) is -0.566. The molecule has 1 aliphatic heterocycles. The van der Waals surface area contributed by atoms with Crippen molar-refractivity contribution in [2.75, 3.05) is 19.7 Å². The lowest BCUT2D eigenvalue weighted by Crippen LogP contribution is -2.41. The molecule has 1 fully saturated rings. The first-order chi connectivity index (χ1) is 7.05. The molecule has 0 unspecified atom stereocenters. The summed E-state index contributed by atoms with van der Waals surface area (Å²) in [6.45, 7) is 5.29. The number of aliphatic hydroxyl groups excluding tert-OH is 1. The van der Waals surface area contributed by atoms with Gasteiger partial charge >= 0.3 is 6.09 Å². The summed E-state index contributed by atoms with van der Waals surface area (Å²) in [6.07, 6.45) is 3.56. The summed E-state index contributed by atoms with van der Waals surface area (Å²) in [7, 11) is 0. The Labute approximate surface area is 91.2 Å². The van der Waals surface area contributed by atoms with Crippen LogP contribution in [0.3, 0.4) is 0 Å². The van der Waals surface area contributed by atoms with Crippen molar-refractivity contribution < 1.29 is 14.6 Å². The lowest BCUT2D eigenvalue weighted by atomic mass is 10.1. The van der Waals surface area contributed by atoms with Gasteiger partial charge in [-0.15, -0.1) is 0 Å². The number of rotatable bonds is 3. The maximum absolute atomic E-state index is 11.7. The van der Waals surface area contributed by atoms with Gasteiger partial charge in [0.2, 0.25) is 0 Å². The molecule has 0 bridgehead atoms. The molecule has 1 heterocycles. The zero-order chi connectivity index (χ0) is 11.3. The summed E-state index contributed by atoms with van der Waals surface area (Å²) >= 11 is 0. The van der Waals surface area contributed by atoms with Crippen LogP contribution in [-0.4, -0.2) is 41.4 Å². The Balaban J connectivity index is 2.39. The molecule has 15 heavy (non-hydrogen) atoms. The van der Waals surface area contributed by atoms with Crippen LogP contribution < -0.4 is 0 Å². The van der Waals surface area contributed by atoms with E-state index in [1.807, 2.05) is 13.8 Å². The molecule has 4 nitrogen and oxygen atoms in total. The first-order valence-electron chi connectivity index (χ1n) is 5.64. The highest BCUT2D eigenvalue weighted by Gasteiger charge is 2.26. The molecular formula is C11H21NO3. The maximum Gasteiger partial charge on any atom is 0.410 e. The van der Waals surface area contributed by atoms with Gasteiger partial charge in [0, 0.05) is 26.1 Å². The monoisotopic (exact) mass is 215 g/mol. The van der Waals surface area contributed by atoms with Crippen molar-refractivity contribution in [2.45, 2.75) is 45.1 Å². The highest BCUT2D eigenvalue weighted by Crippen LogP contribution is 2.17. The lowest BCUT2D eigenvalue weighted by Gasteiger charge is -2.31. The van der Waals surface area contributed by atoms with Crippen molar-refractivity contribution in [1.82, 2.24) is 4.90 Å². The van der Waals surface area contributed by atoms with Crippen LogP contribution in [0.4, 0.5) is 4.79 Å². The van der Waals surface area contributed by atoms with E-state index < -0.39 is 5.60 Å². The van der Waals surface area contributed by atoms with Crippen molar-refractivity contribution in [3.63, 3.8) is 0 Å². The SMILES string of the molecule is CC(C)(CCO)OC(=O)N1CCCCC1. The van der Waals surface area contributed by atoms with E-state index in [2.05, 4.69) is 0 Å². The average molecular weight is 215 g/mol. The maximum atomic E-state index is 11.7. The second-order valence-electron chi connectivity index (χ2n) is 4.65. The van der Waals surface area contributed by atoms with Gasteiger partial charge in [-0.2, -0.15) is 0 Å². The molecule has 0 atom stereocenters. The molecule has 0 spiro atoms. The number of carbonyl (C=O) groups is 1. The summed E-state index contributed by atoms with van der Waals surface area (Å²) in [5.74, 6) is 0. The van der Waals surface area contributed by atoms with Crippen LogP contribution >= 0.6 is 0 Å². The normalized spacial score (nSPS) is 17.7. The van der Waals surface area contributed by atoms with E-state index >= 15 is 0 Å². The third-order valence-corrected chi connectivity index (χ3v) is 2.69. The van der Waals surface area contributed by atoms with E-state index in [0.717, 1.165) is 25.9 Å². The Morgan fingerprint density at radius 1 is 1.33 bits per heavy atom. The number of nitrogens with zero attached hydrogens (tertiary/aromatic N) is 1. The number of piperidine rings is 1. The predicted octanol–water partition coefficient (Wildman–Crippen LogP) is 1.77. The fraction of sp³-hybridized carbons (Fsp3) is 0.909. The molecule has 1 amide bonds. The van der Waals surface area contributed by atoms with E-state index in [1.54, 1.807) is 4.90 Å². The van der Waals surface area contributed by atoms with Crippen LogP contribution in [0.1, 0.15) is 39.5 Å². The van der Waals surface area contributed by atoms with Crippen LogP contribution in [-0.2, 0) is 4.74 Å². The van der Waals surface area contributed by atoms with Gasteiger partial charge < -0.3 is 14.7 Å². The third-order valence-electron chi connectivity index (χ3n) is 2.69. The van der Waals surface area contributed by atoms with Crippen molar-refractivity contribution in [3.05, 3.63) is 0 Å². The number of carbonyl (C=O) groups excluding carboxylic acids is 1. The van der Waals surface area contributed by atoms with Crippen LogP contribution in [0.2, 0.25) is 0 Å². The summed E-state index contributed by atoms with van der Waals surface area (Å²) < 4.78 is 5.34. The van der Waals surface area contributed by atoms with Crippen molar-refractivity contribution in [2.24, 2.45) is 0 Å². The molecule has 0 saturated carbocycles. The fourth-order valence-electron chi connectivity index (χ4n) is 1.70. The number of aliphatic hydroxyl groups is 1. The van der Waals surface area contributed by atoms with E-state index in [-0.39, 0.29) is 12.7 Å².